The van der Waals surface area contributed by atoms with E-state index in [0.29, 0.717) is 18.1 Å². The van der Waals surface area contributed by atoms with Crippen molar-refractivity contribution in [2.24, 2.45) is 5.92 Å². The number of halogens is 1. The van der Waals surface area contributed by atoms with E-state index in [4.69, 9.17) is 11.6 Å². The Kier molecular flexibility index (Phi) is 4.44. The van der Waals surface area contributed by atoms with Crippen LogP contribution in [0.4, 0.5) is 5.69 Å². The van der Waals surface area contributed by atoms with E-state index in [-0.39, 0.29) is 5.56 Å². The third-order valence-electron chi connectivity index (χ3n) is 4.29. The van der Waals surface area contributed by atoms with Gasteiger partial charge in [-0.15, -0.1) is 11.8 Å². The summed E-state index contributed by atoms with van der Waals surface area (Å²) < 4.78 is 1.56. The Morgan fingerprint density at radius 1 is 1.28 bits per heavy atom. The topological polar surface area (TPSA) is 37.6 Å². The molecule has 0 spiro atoms. The maximum atomic E-state index is 12.4. The number of thioether (sulfide) groups is 1. The van der Waals surface area contributed by atoms with Gasteiger partial charge in [-0.1, -0.05) is 24.6 Å². The normalized spacial score (nSPS) is 17.4. The van der Waals surface area contributed by atoms with Crippen LogP contribution in [-0.4, -0.2) is 21.7 Å². The standard InChI is InChI=1S/C19H18ClN3OS/c1-13-10-22(16-8-14(20)5-6-17(16)25-12-13)11-15-9-19(24)23-7-3-2-4-18(23)21-15/h2-9,13H,10-12H2,1H3. The van der Waals surface area contributed by atoms with Gasteiger partial charge in [0.1, 0.15) is 5.65 Å². The predicted octanol–water partition coefficient (Wildman–Crippen LogP) is 4.10. The summed E-state index contributed by atoms with van der Waals surface area (Å²) in [6, 6.07) is 13.2. The Labute approximate surface area is 155 Å². The molecule has 0 aliphatic carbocycles. The molecule has 0 fully saturated rings. The summed E-state index contributed by atoms with van der Waals surface area (Å²) in [5, 5.41) is 0.727. The highest BCUT2D eigenvalue weighted by molar-refractivity contribution is 7.99. The van der Waals surface area contributed by atoms with Crippen LogP contribution in [0.1, 0.15) is 12.6 Å². The first kappa shape index (κ1) is 16.5. The van der Waals surface area contributed by atoms with Crippen molar-refractivity contribution >= 4 is 34.7 Å². The molecule has 1 atom stereocenters. The Bertz CT molecular complexity index is 988. The fourth-order valence-corrected chi connectivity index (χ4v) is 4.38. The van der Waals surface area contributed by atoms with E-state index in [9.17, 15) is 4.79 Å². The summed E-state index contributed by atoms with van der Waals surface area (Å²) in [5.41, 5.74) is 2.52. The summed E-state index contributed by atoms with van der Waals surface area (Å²) >= 11 is 8.09. The van der Waals surface area contributed by atoms with Crippen molar-refractivity contribution in [3.63, 3.8) is 0 Å². The molecule has 25 heavy (non-hydrogen) atoms. The largest absolute Gasteiger partial charge is 0.364 e. The third kappa shape index (κ3) is 3.39. The van der Waals surface area contributed by atoms with Crippen molar-refractivity contribution in [3.05, 3.63) is 69.7 Å². The molecule has 1 aliphatic heterocycles. The van der Waals surface area contributed by atoms with Crippen LogP contribution in [0, 0.1) is 5.92 Å². The zero-order valence-electron chi connectivity index (χ0n) is 13.9. The molecule has 3 heterocycles. The average molecular weight is 372 g/mol. The van der Waals surface area contributed by atoms with Gasteiger partial charge in [0.15, 0.2) is 0 Å². The van der Waals surface area contributed by atoms with Gasteiger partial charge in [0.25, 0.3) is 5.56 Å². The van der Waals surface area contributed by atoms with Gasteiger partial charge in [-0.3, -0.25) is 9.20 Å². The second kappa shape index (κ2) is 6.73. The summed E-state index contributed by atoms with van der Waals surface area (Å²) in [6.45, 7) is 3.76. The van der Waals surface area contributed by atoms with Gasteiger partial charge in [0.05, 0.1) is 17.9 Å². The Balaban J connectivity index is 1.74. The number of fused-ring (bicyclic) bond motifs is 2. The summed E-state index contributed by atoms with van der Waals surface area (Å²) in [4.78, 5) is 20.5. The second-order valence-corrected chi connectivity index (χ2v) is 7.92. The summed E-state index contributed by atoms with van der Waals surface area (Å²) in [6.07, 6.45) is 1.74. The summed E-state index contributed by atoms with van der Waals surface area (Å²) in [7, 11) is 0. The van der Waals surface area contributed by atoms with Gasteiger partial charge in [-0.25, -0.2) is 4.98 Å². The van der Waals surface area contributed by atoms with Crippen LogP contribution < -0.4 is 10.5 Å². The fraction of sp³-hybridized carbons (Fsp3) is 0.263. The molecular weight excluding hydrogens is 354 g/mol. The van der Waals surface area contributed by atoms with Crippen molar-refractivity contribution in [2.45, 2.75) is 18.4 Å². The smallest absolute Gasteiger partial charge is 0.258 e. The molecule has 0 saturated heterocycles. The van der Waals surface area contributed by atoms with E-state index >= 15 is 0 Å². The van der Waals surface area contributed by atoms with Crippen LogP contribution in [0.2, 0.25) is 5.02 Å². The highest BCUT2D eigenvalue weighted by Gasteiger charge is 2.21. The molecule has 0 bridgehead atoms. The lowest BCUT2D eigenvalue weighted by Gasteiger charge is -2.26. The number of rotatable bonds is 2. The highest BCUT2D eigenvalue weighted by atomic mass is 35.5. The predicted molar refractivity (Wildman–Crippen MR) is 104 cm³/mol. The molecule has 3 aromatic rings. The Hall–Kier alpha value is -1.98. The van der Waals surface area contributed by atoms with Crippen LogP contribution in [0.15, 0.2) is 58.4 Å². The minimum atomic E-state index is -0.0517. The maximum Gasteiger partial charge on any atom is 0.258 e. The molecule has 6 heteroatoms. The van der Waals surface area contributed by atoms with Crippen molar-refractivity contribution in [1.29, 1.82) is 0 Å². The molecule has 0 radical (unpaired) electrons. The number of nitrogens with zero attached hydrogens (tertiary/aromatic N) is 3. The van der Waals surface area contributed by atoms with E-state index in [2.05, 4.69) is 22.9 Å². The molecule has 1 unspecified atom stereocenters. The van der Waals surface area contributed by atoms with Crippen LogP contribution in [0.25, 0.3) is 5.65 Å². The minimum Gasteiger partial charge on any atom is -0.364 e. The first-order chi connectivity index (χ1) is 12.1. The second-order valence-electron chi connectivity index (χ2n) is 6.42. The lowest BCUT2D eigenvalue weighted by Crippen LogP contribution is -2.29. The number of pyridine rings is 1. The van der Waals surface area contributed by atoms with Crippen molar-refractivity contribution in [3.8, 4) is 0 Å². The first-order valence-electron chi connectivity index (χ1n) is 8.25. The molecule has 4 nitrogen and oxygen atoms in total. The molecule has 4 rings (SSSR count). The Morgan fingerprint density at radius 3 is 3.04 bits per heavy atom. The Morgan fingerprint density at radius 2 is 2.16 bits per heavy atom. The minimum absolute atomic E-state index is 0.0517. The number of anilines is 1. The van der Waals surface area contributed by atoms with Gasteiger partial charge in [-0.2, -0.15) is 0 Å². The molecule has 1 aliphatic rings. The zero-order chi connectivity index (χ0) is 17.4. The van der Waals surface area contributed by atoms with E-state index in [1.807, 2.05) is 42.1 Å². The SMILES string of the molecule is CC1CSc2ccc(Cl)cc2N(Cc2cc(=O)n3ccccc3n2)C1. The zero-order valence-corrected chi connectivity index (χ0v) is 15.4. The first-order valence-corrected chi connectivity index (χ1v) is 9.61. The van der Waals surface area contributed by atoms with Crippen molar-refractivity contribution in [2.75, 3.05) is 17.2 Å². The molecule has 0 N–H and O–H groups in total. The van der Waals surface area contributed by atoms with E-state index in [0.717, 1.165) is 28.7 Å². The van der Waals surface area contributed by atoms with Gasteiger partial charge in [0.2, 0.25) is 0 Å². The van der Waals surface area contributed by atoms with E-state index in [1.54, 1.807) is 16.7 Å². The summed E-state index contributed by atoms with van der Waals surface area (Å²) in [5.74, 6) is 1.61. The van der Waals surface area contributed by atoms with Crippen LogP contribution in [0.5, 0.6) is 0 Å². The lowest BCUT2D eigenvalue weighted by molar-refractivity contribution is 0.617. The fourth-order valence-electron chi connectivity index (χ4n) is 3.15. The van der Waals surface area contributed by atoms with Crippen molar-refractivity contribution < 1.29 is 0 Å². The molecule has 0 amide bonds. The quantitative estimate of drug-likeness (QED) is 0.679. The molecule has 1 aromatic carbocycles. The van der Waals surface area contributed by atoms with E-state index < -0.39 is 0 Å². The van der Waals surface area contributed by atoms with Gasteiger partial charge in [-0.05, 0) is 36.2 Å². The molecular formula is C19H18ClN3OS. The van der Waals surface area contributed by atoms with Gasteiger partial charge in [0, 0.05) is 34.5 Å². The lowest BCUT2D eigenvalue weighted by atomic mass is 10.1. The maximum absolute atomic E-state index is 12.4. The van der Waals surface area contributed by atoms with Crippen LogP contribution in [0.3, 0.4) is 0 Å². The molecule has 128 valence electrons. The van der Waals surface area contributed by atoms with Crippen molar-refractivity contribution in [1.82, 2.24) is 9.38 Å². The number of benzene rings is 1. The molecule has 2 aromatic heterocycles. The highest BCUT2D eigenvalue weighted by Crippen LogP contribution is 2.37. The number of hydrogen-bond acceptors (Lipinski definition) is 4. The number of aromatic nitrogens is 2. The van der Waals surface area contributed by atoms with Gasteiger partial charge < -0.3 is 4.90 Å². The van der Waals surface area contributed by atoms with Crippen LogP contribution >= 0.6 is 23.4 Å². The monoisotopic (exact) mass is 371 g/mol. The average Bonchev–Trinajstić information content (AvgIpc) is 2.74. The van der Waals surface area contributed by atoms with Gasteiger partial charge >= 0.3 is 0 Å². The third-order valence-corrected chi connectivity index (χ3v) is 5.92. The molecule has 0 saturated carbocycles. The van der Waals surface area contributed by atoms with Crippen LogP contribution in [-0.2, 0) is 6.54 Å². The number of hydrogen-bond donors (Lipinski definition) is 0. The van der Waals surface area contributed by atoms with E-state index in [1.165, 1.54) is 4.90 Å².